The fourth-order valence-corrected chi connectivity index (χ4v) is 2.18. The summed E-state index contributed by atoms with van der Waals surface area (Å²) in [5.74, 6) is 0.358. The first-order valence-corrected chi connectivity index (χ1v) is 6.16. The number of ether oxygens (including phenoxy) is 1. The van der Waals surface area contributed by atoms with Gasteiger partial charge in [0.2, 0.25) is 5.78 Å². The minimum atomic E-state index is -0.118. The number of nitrogens with zero attached hydrogens (tertiary/aromatic N) is 3. The van der Waals surface area contributed by atoms with Gasteiger partial charge in [-0.1, -0.05) is 6.07 Å². The van der Waals surface area contributed by atoms with Crippen molar-refractivity contribution in [2.45, 2.75) is 0 Å². The summed E-state index contributed by atoms with van der Waals surface area (Å²) in [6, 6.07) is 9.22. The third kappa shape index (κ3) is 1.93. The lowest BCUT2D eigenvalue weighted by molar-refractivity contribution is 0.102. The van der Waals surface area contributed by atoms with E-state index in [2.05, 4.69) is 10.1 Å². The highest BCUT2D eigenvalue weighted by Gasteiger charge is 2.19. The maximum absolute atomic E-state index is 12.6. The monoisotopic (exact) mass is 267 g/mol. The molecular formula is C15H13N3O2. The molecule has 100 valence electrons. The van der Waals surface area contributed by atoms with Crippen molar-refractivity contribution in [1.29, 1.82) is 0 Å². The molecule has 5 nitrogen and oxygen atoms in total. The Labute approximate surface area is 115 Å². The highest BCUT2D eigenvalue weighted by molar-refractivity contribution is 6.10. The Morgan fingerprint density at radius 2 is 2.15 bits per heavy atom. The van der Waals surface area contributed by atoms with Crippen LogP contribution in [0.2, 0.25) is 0 Å². The van der Waals surface area contributed by atoms with Crippen molar-refractivity contribution >= 4 is 16.7 Å². The largest absolute Gasteiger partial charge is 0.493 e. The molecule has 0 radical (unpaired) electrons. The summed E-state index contributed by atoms with van der Waals surface area (Å²) in [5, 5.41) is 4.98. The van der Waals surface area contributed by atoms with Crippen LogP contribution in [0.4, 0.5) is 0 Å². The predicted molar refractivity (Wildman–Crippen MR) is 74.9 cm³/mol. The Morgan fingerprint density at radius 1 is 1.30 bits per heavy atom. The third-order valence-electron chi connectivity index (χ3n) is 3.21. The second-order valence-electron chi connectivity index (χ2n) is 4.43. The van der Waals surface area contributed by atoms with E-state index in [0.717, 1.165) is 10.9 Å². The zero-order valence-electron chi connectivity index (χ0n) is 11.2. The number of rotatable bonds is 3. The molecule has 2 aromatic heterocycles. The standard InChI is InChI=1S/C15H13N3O2/c1-18-14(13(20-2)9-17-18)15(19)11-5-6-12-10(8-11)4-3-7-16-12/h3-9H,1-2H3. The molecule has 0 spiro atoms. The minimum absolute atomic E-state index is 0.118. The fraction of sp³-hybridized carbons (Fsp3) is 0.133. The van der Waals surface area contributed by atoms with Crippen LogP contribution in [0.15, 0.2) is 42.7 Å². The molecule has 0 aliphatic heterocycles. The van der Waals surface area contributed by atoms with Crippen molar-refractivity contribution in [2.75, 3.05) is 7.11 Å². The lowest BCUT2D eigenvalue weighted by atomic mass is 10.0. The summed E-state index contributed by atoms with van der Waals surface area (Å²) in [6.45, 7) is 0. The molecule has 0 fully saturated rings. The van der Waals surface area contributed by atoms with Crippen LogP contribution < -0.4 is 4.74 Å². The van der Waals surface area contributed by atoms with Crippen LogP contribution in [0.3, 0.4) is 0 Å². The highest BCUT2D eigenvalue weighted by Crippen LogP contribution is 2.22. The van der Waals surface area contributed by atoms with Crippen molar-refractivity contribution < 1.29 is 9.53 Å². The minimum Gasteiger partial charge on any atom is -0.493 e. The number of methoxy groups -OCH3 is 1. The molecule has 3 rings (SSSR count). The Kier molecular flexibility index (Phi) is 2.95. The van der Waals surface area contributed by atoms with E-state index < -0.39 is 0 Å². The number of aromatic nitrogens is 3. The van der Waals surface area contributed by atoms with E-state index in [1.165, 1.54) is 18.0 Å². The first-order chi connectivity index (χ1) is 9.70. The maximum atomic E-state index is 12.6. The average molecular weight is 267 g/mol. The maximum Gasteiger partial charge on any atom is 0.214 e. The molecule has 3 aromatic rings. The Hall–Kier alpha value is -2.69. The molecule has 0 amide bonds. The van der Waals surface area contributed by atoms with Crippen LogP contribution in [0.5, 0.6) is 5.75 Å². The molecule has 20 heavy (non-hydrogen) atoms. The van der Waals surface area contributed by atoms with Gasteiger partial charge < -0.3 is 4.74 Å². The number of hydrogen-bond acceptors (Lipinski definition) is 4. The van der Waals surface area contributed by atoms with Gasteiger partial charge in [-0.15, -0.1) is 0 Å². The number of carbonyl (C=O) groups excluding carboxylic acids is 1. The molecule has 0 aliphatic rings. The second-order valence-corrected chi connectivity index (χ2v) is 4.43. The molecule has 5 heteroatoms. The third-order valence-corrected chi connectivity index (χ3v) is 3.21. The summed E-state index contributed by atoms with van der Waals surface area (Å²) in [4.78, 5) is 16.8. The number of hydrogen-bond donors (Lipinski definition) is 0. The van der Waals surface area contributed by atoms with Crippen LogP contribution >= 0.6 is 0 Å². The van der Waals surface area contributed by atoms with Crippen LogP contribution in [0.1, 0.15) is 16.1 Å². The van der Waals surface area contributed by atoms with E-state index >= 15 is 0 Å². The molecule has 0 saturated carbocycles. The van der Waals surface area contributed by atoms with Gasteiger partial charge in [0.1, 0.15) is 0 Å². The van der Waals surface area contributed by atoms with Crippen LogP contribution in [-0.4, -0.2) is 27.7 Å². The smallest absolute Gasteiger partial charge is 0.214 e. The van der Waals surface area contributed by atoms with Gasteiger partial charge in [-0.2, -0.15) is 5.10 Å². The zero-order valence-corrected chi connectivity index (χ0v) is 11.2. The number of carbonyl (C=O) groups is 1. The second kappa shape index (κ2) is 4.77. The van der Waals surface area contributed by atoms with Gasteiger partial charge in [-0.05, 0) is 24.3 Å². The summed E-state index contributed by atoms with van der Waals surface area (Å²) in [7, 11) is 3.25. The van der Waals surface area contributed by atoms with E-state index in [1.807, 2.05) is 24.3 Å². The van der Waals surface area contributed by atoms with Gasteiger partial charge in [0, 0.05) is 24.2 Å². The van der Waals surface area contributed by atoms with Gasteiger partial charge in [-0.3, -0.25) is 14.5 Å². The lowest BCUT2D eigenvalue weighted by Gasteiger charge is -2.05. The van der Waals surface area contributed by atoms with Crippen LogP contribution in [0.25, 0.3) is 10.9 Å². The fourth-order valence-electron chi connectivity index (χ4n) is 2.18. The number of pyridine rings is 1. The van der Waals surface area contributed by atoms with Gasteiger partial charge in [0.05, 0.1) is 18.8 Å². The average Bonchev–Trinajstić information content (AvgIpc) is 2.87. The van der Waals surface area contributed by atoms with Crippen molar-refractivity contribution in [1.82, 2.24) is 14.8 Å². The molecular weight excluding hydrogens is 254 g/mol. The van der Waals surface area contributed by atoms with Crippen molar-refractivity contribution in [2.24, 2.45) is 7.05 Å². The van der Waals surface area contributed by atoms with Gasteiger partial charge in [0.15, 0.2) is 11.4 Å². The van der Waals surface area contributed by atoms with E-state index in [1.54, 1.807) is 19.3 Å². The van der Waals surface area contributed by atoms with Crippen molar-refractivity contribution in [3.8, 4) is 5.75 Å². The topological polar surface area (TPSA) is 57.0 Å². The van der Waals surface area contributed by atoms with E-state index in [4.69, 9.17) is 4.74 Å². The highest BCUT2D eigenvalue weighted by atomic mass is 16.5. The van der Waals surface area contributed by atoms with Crippen LogP contribution in [-0.2, 0) is 7.05 Å². The molecule has 0 unspecified atom stereocenters. The Bertz CT molecular complexity index is 793. The summed E-state index contributed by atoms with van der Waals surface area (Å²) in [6.07, 6.45) is 3.27. The van der Waals surface area contributed by atoms with Crippen molar-refractivity contribution in [3.05, 3.63) is 54.0 Å². The summed E-state index contributed by atoms with van der Waals surface area (Å²) >= 11 is 0. The Balaban J connectivity index is 2.10. The normalized spacial score (nSPS) is 10.7. The van der Waals surface area contributed by atoms with Gasteiger partial charge in [-0.25, -0.2) is 0 Å². The SMILES string of the molecule is COc1cnn(C)c1C(=O)c1ccc2ncccc2c1. The van der Waals surface area contributed by atoms with E-state index in [-0.39, 0.29) is 5.78 Å². The molecule has 0 aliphatic carbocycles. The Morgan fingerprint density at radius 3 is 2.95 bits per heavy atom. The molecule has 1 aromatic carbocycles. The van der Waals surface area contributed by atoms with E-state index in [0.29, 0.717) is 17.0 Å². The van der Waals surface area contributed by atoms with Crippen LogP contribution in [0, 0.1) is 0 Å². The summed E-state index contributed by atoms with van der Waals surface area (Å²) < 4.78 is 6.70. The first-order valence-electron chi connectivity index (χ1n) is 6.16. The lowest BCUT2D eigenvalue weighted by Crippen LogP contribution is -2.09. The number of aryl methyl sites for hydroxylation is 1. The number of benzene rings is 1. The number of ketones is 1. The van der Waals surface area contributed by atoms with Crippen molar-refractivity contribution in [3.63, 3.8) is 0 Å². The quantitative estimate of drug-likeness (QED) is 0.683. The summed E-state index contributed by atoms with van der Waals surface area (Å²) in [5.41, 5.74) is 1.89. The van der Waals surface area contributed by atoms with Gasteiger partial charge >= 0.3 is 0 Å². The number of fused-ring (bicyclic) bond motifs is 1. The molecule has 0 N–H and O–H groups in total. The van der Waals surface area contributed by atoms with E-state index in [9.17, 15) is 4.79 Å². The molecule has 0 atom stereocenters. The molecule has 2 heterocycles. The molecule has 0 bridgehead atoms. The zero-order chi connectivity index (χ0) is 14.1. The first kappa shape index (κ1) is 12.3. The predicted octanol–water partition coefficient (Wildman–Crippen LogP) is 2.21. The molecule has 0 saturated heterocycles. The van der Waals surface area contributed by atoms with Gasteiger partial charge in [0.25, 0.3) is 0 Å².